The van der Waals surface area contributed by atoms with Crippen LogP contribution in [0.1, 0.15) is 5.56 Å². The summed E-state index contributed by atoms with van der Waals surface area (Å²) in [5.41, 5.74) is 1.16. The lowest BCUT2D eigenvalue weighted by atomic mass is 10.2. The van der Waals surface area contributed by atoms with E-state index in [0.717, 1.165) is 5.56 Å². The molecule has 0 aliphatic rings. The summed E-state index contributed by atoms with van der Waals surface area (Å²) < 4.78 is 23.1. The fraction of sp³-hybridized carbons (Fsp3) is 0.118. The first-order valence-electron chi connectivity index (χ1n) is 6.94. The molecule has 0 unspecified atom stereocenters. The SMILES string of the molecule is COc1cc(NC(=O)N/C=C/c2ccc(F)cc2)c(OC)cc1Cl. The number of halogens is 2. The Morgan fingerprint density at radius 3 is 2.42 bits per heavy atom. The van der Waals surface area contributed by atoms with E-state index in [1.807, 2.05) is 0 Å². The Hall–Kier alpha value is -2.73. The summed E-state index contributed by atoms with van der Waals surface area (Å²) in [5.74, 6) is 0.495. The molecule has 5 nitrogen and oxygen atoms in total. The number of amides is 2. The van der Waals surface area contributed by atoms with Crippen LogP contribution in [0.25, 0.3) is 6.08 Å². The molecule has 24 heavy (non-hydrogen) atoms. The van der Waals surface area contributed by atoms with Crippen molar-refractivity contribution in [1.29, 1.82) is 0 Å². The van der Waals surface area contributed by atoms with Gasteiger partial charge in [-0.15, -0.1) is 0 Å². The zero-order chi connectivity index (χ0) is 17.5. The molecule has 7 heteroatoms. The second-order valence-electron chi connectivity index (χ2n) is 4.67. The lowest BCUT2D eigenvalue weighted by Crippen LogP contribution is -2.24. The molecule has 0 atom stereocenters. The number of hydrogen-bond donors (Lipinski definition) is 2. The quantitative estimate of drug-likeness (QED) is 0.845. The van der Waals surface area contributed by atoms with Gasteiger partial charge >= 0.3 is 6.03 Å². The molecule has 0 spiro atoms. The minimum Gasteiger partial charge on any atom is -0.495 e. The maximum atomic E-state index is 12.8. The van der Waals surface area contributed by atoms with Gasteiger partial charge in [-0.2, -0.15) is 0 Å². The van der Waals surface area contributed by atoms with Crippen LogP contribution < -0.4 is 20.1 Å². The maximum Gasteiger partial charge on any atom is 0.323 e. The summed E-state index contributed by atoms with van der Waals surface area (Å²) in [6.07, 6.45) is 3.08. The van der Waals surface area contributed by atoms with Gasteiger partial charge in [-0.3, -0.25) is 0 Å². The normalized spacial score (nSPS) is 10.5. The van der Waals surface area contributed by atoms with Gasteiger partial charge in [0.2, 0.25) is 0 Å². The molecule has 0 aromatic heterocycles. The highest BCUT2D eigenvalue weighted by Gasteiger charge is 2.11. The first kappa shape index (κ1) is 17.6. The monoisotopic (exact) mass is 350 g/mol. The van der Waals surface area contributed by atoms with Crippen molar-refractivity contribution in [2.75, 3.05) is 19.5 Å². The molecule has 2 amide bonds. The van der Waals surface area contributed by atoms with E-state index in [0.29, 0.717) is 22.2 Å². The second kappa shape index (κ2) is 8.21. The van der Waals surface area contributed by atoms with Gasteiger partial charge in [0.25, 0.3) is 0 Å². The number of carbonyl (C=O) groups is 1. The van der Waals surface area contributed by atoms with Crippen LogP contribution in [0, 0.1) is 5.82 Å². The van der Waals surface area contributed by atoms with Gasteiger partial charge < -0.3 is 20.1 Å². The molecular weight excluding hydrogens is 335 g/mol. The average Bonchev–Trinajstić information content (AvgIpc) is 2.57. The van der Waals surface area contributed by atoms with Gasteiger partial charge in [0.1, 0.15) is 17.3 Å². The Morgan fingerprint density at radius 2 is 1.79 bits per heavy atom. The van der Waals surface area contributed by atoms with E-state index in [4.69, 9.17) is 21.1 Å². The molecule has 0 aliphatic heterocycles. The maximum absolute atomic E-state index is 12.8. The first-order valence-corrected chi connectivity index (χ1v) is 7.32. The van der Waals surface area contributed by atoms with Gasteiger partial charge in [0.15, 0.2) is 0 Å². The molecule has 0 heterocycles. The number of methoxy groups -OCH3 is 2. The minimum atomic E-state index is -0.476. The summed E-state index contributed by atoms with van der Waals surface area (Å²) in [7, 11) is 2.94. The van der Waals surface area contributed by atoms with E-state index in [1.165, 1.54) is 32.6 Å². The van der Waals surface area contributed by atoms with Crippen molar-refractivity contribution in [3.05, 3.63) is 59.0 Å². The number of ether oxygens (including phenoxy) is 2. The van der Waals surface area contributed by atoms with Gasteiger partial charge in [-0.1, -0.05) is 23.7 Å². The number of hydrogen-bond acceptors (Lipinski definition) is 3. The Kier molecular flexibility index (Phi) is 6.03. The Labute approximate surface area is 144 Å². The van der Waals surface area contributed by atoms with Gasteiger partial charge in [0.05, 0.1) is 24.9 Å². The Balaban J connectivity index is 2.02. The van der Waals surface area contributed by atoms with Gasteiger partial charge in [0, 0.05) is 18.3 Å². The zero-order valence-corrected chi connectivity index (χ0v) is 13.9. The van der Waals surface area contributed by atoms with Crippen molar-refractivity contribution < 1.29 is 18.7 Å². The van der Waals surface area contributed by atoms with Crippen molar-refractivity contribution >= 4 is 29.4 Å². The molecule has 0 aliphatic carbocycles. The lowest BCUT2D eigenvalue weighted by Gasteiger charge is -2.12. The summed E-state index contributed by atoms with van der Waals surface area (Å²) in [6.45, 7) is 0. The fourth-order valence-corrected chi connectivity index (χ4v) is 2.13. The summed E-state index contributed by atoms with van der Waals surface area (Å²) in [6, 6.07) is 8.50. The molecule has 2 rings (SSSR count). The highest BCUT2D eigenvalue weighted by atomic mass is 35.5. The molecule has 0 fully saturated rings. The molecule has 0 saturated heterocycles. The first-order chi connectivity index (χ1) is 11.5. The molecule has 0 saturated carbocycles. The highest BCUT2D eigenvalue weighted by molar-refractivity contribution is 6.32. The van der Waals surface area contributed by atoms with Crippen LogP contribution >= 0.6 is 11.6 Å². The summed E-state index contributed by atoms with van der Waals surface area (Å²) in [4.78, 5) is 11.9. The fourth-order valence-electron chi connectivity index (χ4n) is 1.90. The standard InChI is InChI=1S/C17H16ClFN2O3/c1-23-15-10-14(16(24-2)9-13(15)18)21-17(22)20-8-7-11-3-5-12(19)6-4-11/h3-10H,1-2H3,(H2,20,21,22)/b8-7+. The lowest BCUT2D eigenvalue weighted by molar-refractivity contribution is 0.255. The topological polar surface area (TPSA) is 59.6 Å². The van der Waals surface area contributed by atoms with Crippen LogP contribution in [0.3, 0.4) is 0 Å². The third-order valence-corrected chi connectivity index (χ3v) is 3.38. The number of urea groups is 1. The number of carbonyl (C=O) groups excluding carboxylic acids is 1. The molecule has 0 radical (unpaired) electrons. The van der Waals surface area contributed by atoms with Crippen molar-refractivity contribution in [3.63, 3.8) is 0 Å². The van der Waals surface area contributed by atoms with Crippen molar-refractivity contribution in [2.45, 2.75) is 0 Å². The summed E-state index contributed by atoms with van der Waals surface area (Å²) in [5, 5.41) is 5.55. The second-order valence-corrected chi connectivity index (χ2v) is 5.08. The van der Waals surface area contributed by atoms with Crippen LogP contribution in [-0.2, 0) is 0 Å². The van der Waals surface area contributed by atoms with Crippen LogP contribution in [-0.4, -0.2) is 20.3 Å². The van der Waals surface area contributed by atoms with Crippen molar-refractivity contribution in [1.82, 2.24) is 5.32 Å². The number of anilines is 1. The number of rotatable bonds is 5. The predicted octanol–water partition coefficient (Wildman–Crippen LogP) is 4.29. The van der Waals surface area contributed by atoms with Crippen molar-refractivity contribution in [3.8, 4) is 11.5 Å². The van der Waals surface area contributed by atoms with Crippen LogP contribution in [0.15, 0.2) is 42.6 Å². The largest absolute Gasteiger partial charge is 0.495 e. The molecule has 0 bridgehead atoms. The summed E-state index contributed by atoms with van der Waals surface area (Å²) >= 11 is 6.01. The van der Waals surface area contributed by atoms with E-state index in [2.05, 4.69) is 10.6 Å². The third kappa shape index (κ3) is 4.63. The zero-order valence-electron chi connectivity index (χ0n) is 13.1. The van der Waals surface area contributed by atoms with E-state index in [1.54, 1.807) is 30.3 Å². The molecule has 2 aromatic carbocycles. The van der Waals surface area contributed by atoms with E-state index >= 15 is 0 Å². The number of nitrogens with one attached hydrogen (secondary N) is 2. The molecule has 126 valence electrons. The molecule has 2 aromatic rings. The van der Waals surface area contributed by atoms with E-state index < -0.39 is 6.03 Å². The van der Waals surface area contributed by atoms with Crippen molar-refractivity contribution in [2.24, 2.45) is 0 Å². The molecule has 2 N–H and O–H groups in total. The highest BCUT2D eigenvalue weighted by Crippen LogP contribution is 2.35. The Bertz CT molecular complexity index is 748. The van der Waals surface area contributed by atoms with Crippen LogP contribution in [0.4, 0.5) is 14.9 Å². The van der Waals surface area contributed by atoms with Crippen LogP contribution in [0.5, 0.6) is 11.5 Å². The third-order valence-electron chi connectivity index (χ3n) is 3.08. The van der Waals surface area contributed by atoms with Gasteiger partial charge in [-0.05, 0) is 23.8 Å². The number of benzene rings is 2. The predicted molar refractivity (Wildman–Crippen MR) is 92.1 cm³/mol. The smallest absolute Gasteiger partial charge is 0.323 e. The average molecular weight is 351 g/mol. The van der Waals surface area contributed by atoms with Gasteiger partial charge in [-0.25, -0.2) is 9.18 Å². The minimum absolute atomic E-state index is 0.318. The van der Waals surface area contributed by atoms with E-state index in [9.17, 15) is 9.18 Å². The Morgan fingerprint density at radius 1 is 1.12 bits per heavy atom. The molecular formula is C17H16ClFN2O3. The van der Waals surface area contributed by atoms with Crippen LogP contribution in [0.2, 0.25) is 5.02 Å². The van der Waals surface area contributed by atoms with E-state index in [-0.39, 0.29) is 5.82 Å².